The number of amides is 1. The van der Waals surface area contributed by atoms with Gasteiger partial charge in [0, 0.05) is 20.0 Å². The van der Waals surface area contributed by atoms with Gasteiger partial charge in [0.25, 0.3) is 0 Å². The first-order chi connectivity index (χ1) is 7.08. The van der Waals surface area contributed by atoms with Crippen molar-refractivity contribution in [3.63, 3.8) is 0 Å². The van der Waals surface area contributed by atoms with Crippen LogP contribution in [0, 0.1) is 6.92 Å². The van der Waals surface area contributed by atoms with E-state index in [4.69, 9.17) is 0 Å². The molecule has 80 valence electrons. The molecule has 0 fully saturated rings. The van der Waals surface area contributed by atoms with Gasteiger partial charge in [-0.3, -0.25) is 4.79 Å². The molecule has 1 aromatic rings. The fraction of sp³-hybridized carbons (Fsp3) is 0.417. The number of hydrogen-bond donors (Lipinski definition) is 1. The average Bonchev–Trinajstić information content (AvgIpc) is 2.19. The molecule has 0 saturated carbocycles. The van der Waals surface area contributed by atoms with E-state index in [1.165, 1.54) is 0 Å². The summed E-state index contributed by atoms with van der Waals surface area (Å²) in [6, 6.07) is 3.79. The minimum atomic E-state index is 0.117. The van der Waals surface area contributed by atoms with Crippen LogP contribution in [0.1, 0.15) is 23.6 Å². The van der Waals surface area contributed by atoms with Crippen LogP contribution in [0.3, 0.4) is 0 Å². The third kappa shape index (κ3) is 1.82. The first-order valence-electron chi connectivity index (χ1n) is 5.15. The van der Waals surface area contributed by atoms with Crippen LogP contribution >= 0.6 is 0 Å². The highest BCUT2D eigenvalue weighted by atomic mass is 16.3. The molecular weight excluding hydrogens is 190 g/mol. The lowest BCUT2D eigenvalue weighted by atomic mass is 9.97. The van der Waals surface area contributed by atoms with E-state index in [0.717, 1.165) is 29.7 Å². The van der Waals surface area contributed by atoms with Gasteiger partial charge in [0.15, 0.2) is 0 Å². The van der Waals surface area contributed by atoms with E-state index >= 15 is 0 Å². The smallest absolute Gasteiger partial charge is 0.219 e. The third-order valence-electron chi connectivity index (χ3n) is 2.98. The van der Waals surface area contributed by atoms with E-state index in [1.54, 1.807) is 6.92 Å². The molecule has 2 rings (SSSR count). The fourth-order valence-electron chi connectivity index (χ4n) is 1.99. The van der Waals surface area contributed by atoms with E-state index in [2.05, 4.69) is 0 Å². The summed E-state index contributed by atoms with van der Waals surface area (Å²) in [4.78, 5) is 13.1. The zero-order valence-corrected chi connectivity index (χ0v) is 9.08. The summed E-state index contributed by atoms with van der Waals surface area (Å²) in [6.07, 6.45) is 0.836. The number of benzene rings is 1. The molecule has 1 aromatic carbocycles. The maximum absolute atomic E-state index is 11.2. The Bertz CT molecular complexity index is 412. The second-order valence-electron chi connectivity index (χ2n) is 4.10. The Hall–Kier alpha value is -1.51. The van der Waals surface area contributed by atoms with Gasteiger partial charge < -0.3 is 10.0 Å². The molecule has 0 bridgehead atoms. The molecule has 0 aliphatic carbocycles. The summed E-state index contributed by atoms with van der Waals surface area (Å²) >= 11 is 0. The average molecular weight is 205 g/mol. The van der Waals surface area contributed by atoms with Crippen LogP contribution in [0.2, 0.25) is 0 Å². The van der Waals surface area contributed by atoms with Crippen LogP contribution in [0.5, 0.6) is 5.75 Å². The number of nitrogens with zero attached hydrogens (tertiary/aromatic N) is 1. The number of fused-ring (bicyclic) bond motifs is 1. The Morgan fingerprint density at radius 1 is 1.40 bits per heavy atom. The second-order valence-corrected chi connectivity index (χ2v) is 4.10. The predicted octanol–water partition coefficient (Wildman–Crippen LogP) is 1.61. The van der Waals surface area contributed by atoms with Crippen molar-refractivity contribution in [2.24, 2.45) is 0 Å². The van der Waals surface area contributed by atoms with E-state index in [1.807, 2.05) is 24.0 Å². The predicted molar refractivity (Wildman–Crippen MR) is 57.6 cm³/mol. The van der Waals surface area contributed by atoms with Gasteiger partial charge in [0.1, 0.15) is 5.75 Å². The van der Waals surface area contributed by atoms with Crippen LogP contribution in [-0.2, 0) is 17.8 Å². The highest BCUT2D eigenvalue weighted by Gasteiger charge is 2.18. The number of aryl methyl sites for hydroxylation is 1. The summed E-state index contributed by atoms with van der Waals surface area (Å²) < 4.78 is 0. The zero-order chi connectivity index (χ0) is 11.0. The zero-order valence-electron chi connectivity index (χ0n) is 9.08. The van der Waals surface area contributed by atoms with E-state index in [-0.39, 0.29) is 5.91 Å². The molecule has 1 N–H and O–H groups in total. The number of carbonyl (C=O) groups excluding carboxylic acids is 1. The second kappa shape index (κ2) is 3.57. The number of phenols is 1. The Morgan fingerprint density at radius 2 is 2.13 bits per heavy atom. The summed E-state index contributed by atoms with van der Waals surface area (Å²) in [5.41, 5.74) is 3.20. The van der Waals surface area contributed by atoms with Gasteiger partial charge >= 0.3 is 0 Å². The molecule has 15 heavy (non-hydrogen) atoms. The summed E-state index contributed by atoms with van der Waals surface area (Å²) in [7, 11) is 0. The minimum absolute atomic E-state index is 0.117. The topological polar surface area (TPSA) is 40.5 Å². The molecule has 1 aliphatic rings. The normalized spacial score (nSPS) is 14.9. The SMILES string of the molecule is CC(=O)N1CCc2cc(O)c(C)cc2C1. The summed E-state index contributed by atoms with van der Waals surface area (Å²) in [6.45, 7) is 4.90. The lowest BCUT2D eigenvalue weighted by molar-refractivity contribution is -0.129. The molecule has 0 aromatic heterocycles. The quantitative estimate of drug-likeness (QED) is 0.699. The van der Waals surface area contributed by atoms with Gasteiger partial charge in [-0.05, 0) is 36.1 Å². The Morgan fingerprint density at radius 3 is 2.80 bits per heavy atom. The fourth-order valence-corrected chi connectivity index (χ4v) is 1.99. The number of aromatic hydroxyl groups is 1. The summed E-state index contributed by atoms with van der Waals surface area (Å²) in [5.74, 6) is 0.469. The van der Waals surface area contributed by atoms with Gasteiger partial charge in [-0.2, -0.15) is 0 Å². The maximum Gasteiger partial charge on any atom is 0.219 e. The minimum Gasteiger partial charge on any atom is -0.508 e. The third-order valence-corrected chi connectivity index (χ3v) is 2.98. The van der Waals surface area contributed by atoms with Gasteiger partial charge in [0.05, 0.1) is 0 Å². The largest absolute Gasteiger partial charge is 0.508 e. The van der Waals surface area contributed by atoms with Crippen molar-refractivity contribution in [1.29, 1.82) is 0 Å². The van der Waals surface area contributed by atoms with Crippen molar-refractivity contribution >= 4 is 5.91 Å². The number of phenolic OH excluding ortho intramolecular Hbond substituents is 1. The van der Waals surface area contributed by atoms with Gasteiger partial charge in [-0.15, -0.1) is 0 Å². The first kappa shape index (κ1) is 10.0. The van der Waals surface area contributed by atoms with Crippen molar-refractivity contribution in [3.05, 3.63) is 28.8 Å². The van der Waals surface area contributed by atoms with Crippen LogP contribution in [-0.4, -0.2) is 22.5 Å². The molecule has 3 nitrogen and oxygen atoms in total. The van der Waals surface area contributed by atoms with E-state index in [9.17, 15) is 9.90 Å². The van der Waals surface area contributed by atoms with Crippen LogP contribution in [0.15, 0.2) is 12.1 Å². The highest BCUT2D eigenvalue weighted by Crippen LogP contribution is 2.26. The molecule has 0 saturated heterocycles. The summed E-state index contributed by atoms with van der Waals surface area (Å²) in [5, 5.41) is 9.57. The van der Waals surface area contributed by atoms with Crippen molar-refractivity contribution < 1.29 is 9.90 Å². The number of hydrogen-bond acceptors (Lipinski definition) is 2. The number of rotatable bonds is 0. The standard InChI is InChI=1S/C12H15NO2/c1-8-5-11-7-13(9(2)14)4-3-10(11)6-12(8)15/h5-6,15H,3-4,7H2,1-2H3. The van der Waals surface area contributed by atoms with Crippen molar-refractivity contribution in [2.45, 2.75) is 26.8 Å². The van der Waals surface area contributed by atoms with Crippen molar-refractivity contribution in [3.8, 4) is 5.75 Å². The maximum atomic E-state index is 11.2. The number of carbonyl (C=O) groups is 1. The highest BCUT2D eigenvalue weighted by molar-refractivity contribution is 5.73. The molecule has 1 amide bonds. The lowest BCUT2D eigenvalue weighted by Crippen LogP contribution is -2.34. The van der Waals surface area contributed by atoms with E-state index < -0.39 is 0 Å². The monoisotopic (exact) mass is 205 g/mol. The van der Waals surface area contributed by atoms with Gasteiger partial charge in [-0.25, -0.2) is 0 Å². The van der Waals surface area contributed by atoms with Crippen LogP contribution < -0.4 is 0 Å². The molecule has 1 heterocycles. The molecule has 1 aliphatic heterocycles. The molecule has 0 atom stereocenters. The molecule has 3 heteroatoms. The molecule has 0 unspecified atom stereocenters. The lowest BCUT2D eigenvalue weighted by Gasteiger charge is -2.28. The van der Waals surface area contributed by atoms with Gasteiger partial charge in [-0.1, -0.05) is 6.07 Å². The first-order valence-corrected chi connectivity index (χ1v) is 5.15. The van der Waals surface area contributed by atoms with Gasteiger partial charge in [0.2, 0.25) is 5.91 Å². The molecule has 0 spiro atoms. The molecular formula is C12H15NO2. The van der Waals surface area contributed by atoms with Crippen molar-refractivity contribution in [2.75, 3.05) is 6.54 Å². The Kier molecular flexibility index (Phi) is 2.39. The molecule has 0 radical (unpaired) electrons. The van der Waals surface area contributed by atoms with E-state index in [0.29, 0.717) is 12.3 Å². The van der Waals surface area contributed by atoms with Crippen LogP contribution in [0.25, 0.3) is 0 Å². The Labute approximate surface area is 89.3 Å². The van der Waals surface area contributed by atoms with Crippen molar-refractivity contribution in [1.82, 2.24) is 4.90 Å². The van der Waals surface area contributed by atoms with Crippen LogP contribution in [0.4, 0.5) is 0 Å². The Balaban J connectivity index is 2.34.